The number of rotatable bonds is 6. The first kappa shape index (κ1) is 21.5. The normalized spacial score (nSPS) is 12.0. The van der Waals surface area contributed by atoms with Crippen molar-refractivity contribution in [2.75, 3.05) is 11.8 Å². The number of halogens is 3. The van der Waals surface area contributed by atoms with Crippen molar-refractivity contribution in [2.24, 2.45) is 0 Å². The van der Waals surface area contributed by atoms with Crippen LogP contribution in [-0.2, 0) is 16.2 Å². The molecule has 0 radical (unpaired) electrons. The highest BCUT2D eigenvalue weighted by atomic mass is 32.2. The van der Waals surface area contributed by atoms with Crippen LogP contribution in [0.5, 0.6) is 5.75 Å². The third-order valence-electron chi connectivity index (χ3n) is 3.61. The summed E-state index contributed by atoms with van der Waals surface area (Å²) in [5, 5.41) is 2.64. The lowest BCUT2D eigenvalue weighted by atomic mass is 10.2. The van der Waals surface area contributed by atoms with Gasteiger partial charge in [0.2, 0.25) is 0 Å². The van der Waals surface area contributed by atoms with Gasteiger partial charge in [0, 0.05) is 11.7 Å². The van der Waals surface area contributed by atoms with Crippen LogP contribution in [0, 0.1) is 0 Å². The van der Waals surface area contributed by atoms with Gasteiger partial charge in [-0.05, 0) is 56.3 Å². The maximum atomic E-state index is 12.6. The predicted molar refractivity (Wildman–Crippen MR) is 97.8 cm³/mol. The van der Waals surface area contributed by atoms with E-state index in [4.69, 9.17) is 4.74 Å². The lowest BCUT2D eigenvalue weighted by Gasteiger charge is -2.14. The third-order valence-corrected chi connectivity index (χ3v) is 4.99. The maximum absolute atomic E-state index is 12.6. The molecule has 1 amide bonds. The fourth-order valence-electron chi connectivity index (χ4n) is 2.31. The van der Waals surface area contributed by atoms with E-state index in [-0.39, 0.29) is 27.9 Å². The van der Waals surface area contributed by atoms with Gasteiger partial charge in [-0.1, -0.05) is 0 Å². The number of nitrogens with one attached hydrogen (secondary N) is 2. The zero-order chi connectivity index (χ0) is 21.1. The Labute approximate surface area is 160 Å². The monoisotopic (exact) mass is 416 g/mol. The molecule has 0 bridgehead atoms. The molecule has 0 aliphatic heterocycles. The van der Waals surface area contributed by atoms with Crippen LogP contribution < -0.4 is 14.8 Å². The Morgan fingerprint density at radius 3 is 2.18 bits per heavy atom. The van der Waals surface area contributed by atoms with Crippen LogP contribution in [-0.4, -0.2) is 27.5 Å². The van der Waals surface area contributed by atoms with E-state index < -0.39 is 27.7 Å². The maximum Gasteiger partial charge on any atom is 0.416 e. The quantitative estimate of drug-likeness (QED) is 0.753. The summed E-state index contributed by atoms with van der Waals surface area (Å²) in [6, 6.07) is 7.09. The molecule has 0 aliphatic carbocycles. The Morgan fingerprint density at radius 1 is 1.07 bits per heavy atom. The average Bonchev–Trinajstić information content (AvgIpc) is 2.59. The van der Waals surface area contributed by atoms with E-state index in [1.807, 2.05) is 0 Å². The zero-order valence-electron chi connectivity index (χ0n) is 15.3. The van der Waals surface area contributed by atoms with Crippen LogP contribution in [0.25, 0.3) is 0 Å². The van der Waals surface area contributed by atoms with Crippen molar-refractivity contribution < 1.29 is 31.1 Å². The van der Waals surface area contributed by atoms with Gasteiger partial charge in [-0.2, -0.15) is 13.2 Å². The number of hydrogen-bond donors (Lipinski definition) is 2. The van der Waals surface area contributed by atoms with Gasteiger partial charge in [0.25, 0.3) is 15.9 Å². The molecule has 0 saturated carbocycles. The molecule has 0 saturated heterocycles. The Hall–Kier alpha value is -2.75. The van der Waals surface area contributed by atoms with Gasteiger partial charge in [-0.25, -0.2) is 8.42 Å². The Bertz CT molecular complexity index is 956. The van der Waals surface area contributed by atoms with E-state index in [1.165, 1.54) is 19.2 Å². The predicted octanol–water partition coefficient (Wildman–Crippen LogP) is 3.65. The second-order valence-corrected chi connectivity index (χ2v) is 7.85. The molecular weight excluding hydrogens is 397 g/mol. The van der Waals surface area contributed by atoms with E-state index in [0.717, 1.165) is 30.3 Å². The number of anilines is 1. The Balaban J connectivity index is 2.33. The average molecular weight is 416 g/mol. The van der Waals surface area contributed by atoms with Gasteiger partial charge in [0.05, 0.1) is 23.1 Å². The van der Waals surface area contributed by atoms with Crippen LogP contribution in [0.1, 0.15) is 29.8 Å². The van der Waals surface area contributed by atoms with Gasteiger partial charge >= 0.3 is 6.18 Å². The van der Waals surface area contributed by atoms with Gasteiger partial charge in [-0.15, -0.1) is 0 Å². The molecular formula is C18H19F3N2O4S. The van der Waals surface area contributed by atoms with Crippen LogP contribution in [0.15, 0.2) is 47.4 Å². The number of hydrogen-bond acceptors (Lipinski definition) is 4. The second-order valence-electron chi connectivity index (χ2n) is 6.17. The van der Waals surface area contributed by atoms with Crippen LogP contribution in [0.4, 0.5) is 18.9 Å². The molecule has 152 valence electrons. The highest BCUT2D eigenvalue weighted by Crippen LogP contribution is 2.30. The number of carbonyl (C=O) groups excluding carboxylic acids is 1. The molecule has 28 heavy (non-hydrogen) atoms. The summed E-state index contributed by atoms with van der Waals surface area (Å²) in [5.41, 5.74) is -0.920. The molecule has 0 heterocycles. The van der Waals surface area contributed by atoms with Crippen molar-refractivity contribution >= 4 is 21.6 Å². The minimum atomic E-state index is -4.52. The van der Waals surface area contributed by atoms with Gasteiger partial charge in [-0.3, -0.25) is 9.52 Å². The van der Waals surface area contributed by atoms with Crippen LogP contribution in [0.3, 0.4) is 0 Å². The molecule has 0 atom stereocenters. The lowest BCUT2D eigenvalue weighted by molar-refractivity contribution is -0.137. The van der Waals surface area contributed by atoms with E-state index in [2.05, 4.69) is 10.0 Å². The van der Waals surface area contributed by atoms with E-state index >= 15 is 0 Å². The fraction of sp³-hybridized carbons (Fsp3) is 0.278. The summed E-state index contributed by atoms with van der Waals surface area (Å²) in [5.74, 6) is -0.329. The minimum absolute atomic E-state index is 0.0199. The van der Waals surface area contributed by atoms with Gasteiger partial charge < -0.3 is 10.1 Å². The molecule has 2 rings (SSSR count). The standard InChI is InChI=1S/C18H19F3N2O4S/c1-11(2)22-17(24)15-10-14(8-9-16(15)27-3)28(25,26)23-13-6-4-12(5-7-13)18(19,20)21/h4-11,23H,1-3H3,(H,22,24). The van der Waals surface area contributed by atoms with Gasteiger partial charge in [0.15, 0.2) is 0 Å². The Kier molecular flexibility index (Phi) is 6.23. The van der Waals surface area contributed by atoms with Crippen molar-refractivity contribution in [3.8, 4) is 5.75 Å². The fourth-order valence-corrected chi connectivity index (χ4v) is 3.40. The highest BCUT2D eigenvalue weighted by molar-refractivity contribution is 7.92. The minimum Gasteiger partial charge on any atom is -0.496 e. The number of carbonyl (C=O) groups is 1. The number of amides is 1. The molecule has 6 nitrogen and oxygen atoms in total. The van der Waals surface area contributed by atoms with Crippen molar-refractivity contribution in [3.05, 3.63) is 53.6 Å². The summed E-state index contributed by atoms with van der Waals surface area (Å²) in [4.78, 5) is 12.1. The lowest BCUT2D eigenvalue weighted by Crippen LogP contribution is -2.30. The summed E-state index contributed by atoms with van der Waals surface area (Å²) < 4.78 is 70.3. The second kappa shape index (κ2) is 8.09. The first-order chi connectivity index (χ1) is 12.9. The summed E-state index contributed by atoms with van der Waals surface area (Å²) in [6.07, 6.45) is -4.52. The summed E-state index contributed by atoms with van der Waals surface area (Å²) in [6.45, 7) is 3.49. The van der Waals surface area contributed by atoms with Crippen molar-refractivity contribution in [1.29, 1.82) is 0 Å². The third kappa shape index (κ3) is 5.16. The summed E-state index contributed by atoms with van der Waals surface area (Å²) >= 11 is 0. The number of sulfonamides is 1. The molecule has 10 heteroatoms. The Morgan fingerprint density at radius 2 is 1.68 bits per heavy atom. The molecule has 2 aromatic carbocycles. The first-order valence-electron chi connectivity index (χ1n) is 8.13. The van der Waals surface area contributed by atoms with Crippen LogP contribution in [0.2, 0.25) is 0 Å². The number of methoxy groups -OCH3 is 1. The van der Waals surface area contributed by atoms with Crippen LogP contribution >= 0.6 is 0 Å². The molecule has 0 spiro atoms. The molecule has 2 aromatic rings. The van der Waals surface area contributed by atoms with E-state index in [0.29, 0.717) is 0 Å². The molecule has 0 aliphatic rings. The number of ether oxygens (including phenoxy) is 1. The molecule has 2 N–H and O–H groups in total. The smallest absolute Gasteiger partial charge is 0.416 e. The number of alkyl halides is 3. The van der Waals surface area contributed by atoms with Crippen molar-refractivity contribution in [1.82, 2.24) is 5.32 Å². The molecule has 0 fully saturated rings. The van der Waals surface area contributed by atoms with Crippen molar-refractivity contribution in [3.63, 3.8) is 0 Å². The summed E-state index contributed by atoms with van der Waals surface area (Å²) in [7, 11) is -2.79. The number of benzene rings is 2. The first-order valence-corrected chi connectivity index (χ1v) is 9.61. The topological polar surface area (TPSA) is 84.5 Å². The largest absolute Gasteiger partial charge is 0.496 e. The highest BCUT2D eigenvalue weighted by Gasteiger charge is 2.30. The van der Waals surface area contributed by atoms with Gasteiger partial charge in [0.1, 0.15) is 5.75 Å². The van der Waals surface area contributed by atoms with Crippen molar-refractivity contribution in [2.45, 2.75) is 31.0 Å². The molecule has 0 unspecified atom stereocenters. The molecule has 0 aromatic heterocycles. The van der Waals surface area contributed by atoms with E-state index in [9.17, 15) is 26.4 Å². The zero-order valence-corrected chi connectivity index (χ0v) is 16.1. The SMILES string of the molecule is COc1ccc(S(=O)(=O)Nc2ccc(C(F)(F)F)cc2)cc1C(=O)NC(C)C. The van der Waals surface area contributed by atoms with E-state index in [1.54, 1.807) is 13.8 Å².